The quantitative estimate of drug-likeness (QED) is 0.890. The van der Waals surface area contributed by atoms with Gasteiger partial charge in [-0.1, -0.05) is 0 Å². The molecule has 2 amide bonds. The van der Waals surface area contributed by atoms with Crippen molar-refractivity contribution >= 4 is 11.6 Å². The Morgan fingerprint density at radius 1 is 1.39 bits per heavy atom. The second-order valence-corrected chi connectivity index (χ2v) is 6.16. The van der Waals surface area contributed by atoms with Crippen LogP contribution in [0.4, 0.5) is 4.79 Å². The first-order valence-corrected chi connectivity index (χ1v) is 7.96. The molecule has 7 nitrogen and oxygen atoms in total. The lowest BCUT2D eigenvalue weighted by Crippen LogP contribution is -2.34. The van der Waals surface area contributed by atoms with Gasteiger partial charge < -0.3 is 9.47 Å². The van der Waals surface area contributed by atoms with E-state index in [9.17, 15) is 4.79 Å². The van der Waals surface area contributed by atoms with E-state index in [4.69, 9.17) is 9.47 Å². The van der Waals surface area contributed by atoms with E-state index < -0.39 is 6.23 Å². The zero-order valence-electron chi connectivity index (χ0n) is 13.0. The Bertz CT molecular complexity index is 673. The molecule has 1 unspecified atom stereocenters. The van der Waals surface area contributed by atoms with E-state index in [1.54, 1.807) is 6.26 Å². The Labute approximate surface area is 134 Å². The van der Waals surface area contributed by atoms with Crippen molar-refractivity contribution < 1.29 is 14.3 Å². The summed E-state index contributed by atoms with van der Waals surface area (Å²) in [4.78, 5) is 14.1. The van der Waals surface area contributed by atoms with Gasteiger partial charge in [0.05, 0.1) is 17.7 Å². The number of aryl methyl sites for hydroxylation is 1. The summed E-state index contributed by atoms with van der Waals surface area (Å²) in [5.74, 6) is 0.471. The number of rotatable bonds is 3. The minimum absolute atomic E-state index is 0.0914. The number of aromatic nitrogens is 2. The molecule has 1 aromatic heterocycles. The van der Waals surface area contributed by atoms with Crippen molar-refractivity contribution in [3.05, 3.63) is 35.5 Å². The van der Waals surface area contributed by atoms with Crippen molar-refractivity contribution in [1.82, 2.24) is 20.4 Å². The van der Waals surface area contributed by atoms with Gasteiger partial charge in [0.1, 0.15) is 0 Å². The van der Waals surface area contributed by atoms with E-state index in [1.165, 1.54) is 0 Å². The summed E-state index contributed by atoms with van der Waals surface area (Å²) < 4.78 is 11.1. The maximum Gasteiger partial charge on any atom is 0.324 e. The molecule has 2 fully saturated rings. The molecule has 0 aliphatic carbocycles. The van der Waals surface area contributed by atoms with Gasteiger partial charge in [-0.25, -0.2) is 4.79 Å². The van der Waals surface area contributed by atoms with Crippen molar-refractivity contribution in [3.63, 3.8) is 0 Å². The molecule has 7 heteroatoms. The van der Waals surface area contributed by atoms with Gasteiger partial charge in [0, 0.05) is 37.1 Å². The number of ether oxygens (including phenoxy) is 2. The molecule has 23 heavy (non-hydrogen) atoms. The van der Waals surface area contributed by atoms with E-state index in [0.717, 1.165) is 48.6 Å². The van der Waals surface area contributed by atoms with Gasteiger partial charge >= 0.3 is 6.03 Å². The highest BCUT2D eigenvalue weighted by atomic mass is 16.5. The number of carbonyl (C=O) groups is 1. The number of hydrogen-bond donors (Lipinski definition) is 2. The van der Waals surface area contributed by atoms with Gasteiger partial charge in [-0.2, -0.15) is 5.10 Å². The number of hydrogen-bond acceptors (Lipinski definition) is 4. The first-order valence-electron chi connectivity index (χ1n) is 7.96. The smallest absolute Gasteiger partial charge is 0.324 e. The molecule has 0 aromatic carbocycles. The predicted molar refractivity (Wildman–Crippen MR) is 83.0 cm³/mol. The molecule has 0 saturated carbocycles. The SMILES string of the molecule is Cc1n[nH]cc1C1=COC2NC(=O)N(CC3CCOCC3)C2=C1. The van der Waals surface area contributed by atoms with Crippen LogP contribution < -0.4 is 5.32 Å². The van der Waals surface area contributed by atoms with E-state index in [-0.39, 0.29) is 6.03 Å². The molecule has 1 aromatic rings. The monoisotopic (exact) mass is 316 g/mol. The number of urea groups is 1. The van der Waals surface area contributed by atoms with E-state index in [2.05, 4.69) is 15.5 Å². The van der Waals surface area contributed by atoms with Crippen LogP contribution in [0.15, 0.2) is 24.2 Å². The third-order valence-corrected chi connectivity index (χ3v) is 4.64. The molecule has 0 spiro atoms. The second kappa shape index (κ2) is 5.73. The van der Waals surface area contributed by atoms with Crippen molar-refractivity contribution in [2.24, 2.45) is 5.92 Å². The third-order valence-electron chi connectivity index (χ3n) is 4.64. The molecule has 3 aliphatic heterocycles. The molecule has 0 radical (unpaired) electrons. The summed E-state index contributed by atoms with van der Waals surface area (Å²) in [6, 6.07) is -0.0914. The average molecular weight is 316 g/mol. The van der Waals surface area contributed by atoms with Crippen molar-refractivity contribution in [3.8, 4) is 0 Å². The second-order valence-electron chi connectivity index (χ2n) is 6.16. The molecular weight excluding hydrogens is 296 g/mol. The van der Waals surface area contributed by atoms with Gasteiger partial charge in [-0.3, -0.25) is 15.3 Å². The number of aromatic amines is 1. The largest absolute Gasteiger partial charge is 0.472 e. The van der Waals surface area contributed by atoms with Gasteiger partial charge in [-0.15, -0.1) is 0 Å². The Morgan fingerprint density at radius 2 is 2.22 bits per heavy atom. The Balaban J connectivity index is 1.57. The first-order chi connectivity index (χ1) is 11.2. The molecule has 4 rings (SSSR count). The first kappa shape index (κ1) is 14.3. The van der Waals surface area contributed by atoms with Gasteiger partial charge in [-0.05, 0) is 31.8 Å². The lowest BCUT2D eigenvalue weighted by Gasteiger charge is -2.28. The van der Waals surface area contributed by atoms with Crippen LogP contribution in [-0.2, 0) is 9.47 Å². The summed E-state index contributed by atoms with van der Waals surface area (Å²) in [7, 11) is 0. The van der Waals surface area contributed by atoms with Crippen LogP contribution in [0.2, 0.25) is 0 Å². The summed E-state index contributed by atoms with van der Waals surface area (Å²) in [5.41, 5.74) is 3.69. The zero-order chi connectivity index (χ0) is 15.8. The standard InChI is InChI=1S/C16H20N4O3/c1-10-13(7-17-19-10)12-6-14-15(23-9-12)18-16(21)20(14)8-11-2-4-22-5-3-11/h6-7,9,11,15H,2-5,8H2,1H3,(H,17,19)(H,18,21). The number of H-pyrrole nitrogens is 1. The zero-order valence-corrected chi connectivity index (χ0v) is 13.0. The van der Waals surface area contributed by atoms with Crippen LogP contribution in [0.25, 0.3) is 5.57 Å². The minimum Gasteiger partial charge on any atom is -0.472 e. The fraction of sp³-hybridized carbons (Fsp3) is 0.500. The van der Waals surface area contributed by atoms with E-state index in [1.807, 2.05) is 24.1 Å². The number of nitrogens with zero attached hydrogens (tertiary/aromatic N) is 2. The summed E-state index contributed by atoms with van der Waals surface area (Å²) in [6.45, 7) is 4.20. The van der Waals surface area contributed by atoms with Crippen molar-refractivity contribution in [2.45, 2.75) is 26.0 Å². The maximum atomic E-state index is 12.3. The highest BCUT2D eigenvalue weighted by Crippen LogP contribution is 2.31. The molecule has 4 heterocycles. The maximum absolute atomic E-state index is 12.3. The molecular formula is C16H20N4O3. The van der Waals surface area contributed by atoms with Gasteiger partial charge in [0.2, 0.25) is 6.23 Å². The molecule has 3 aliphatic rings. The minimum atomic E-state index is -0.390. The summed E-state index contributed by atoms with van der Waals surface area (Å²) >= 11 is 0. The van der Waals surface area contributed by atoms with E-state index >= 15 is 0 Å². The molecule has 122 valence electrons. The normalized spacial score (nSPS) is 24.7. The molecule has 2 N–H and O–H groups in total. The number of nitrogens with one attached hydrogen (secondary N) is 2. The van der Waals surface area contributed by atoms with Crippen LogP contribution in [0, 0.1) is 12.8 Å². The van der Waals surface area contributed by atoms with E-state index in [0.29, 0.717) is 12.5 Å². The molecule has 0 bridgehead atoms. The molecule has 2 saturated heterocycles. The predicted octanol–water partition coefficient (Wildman–Crippen LogP) is 1.75. The van der Waals surface area contributed by atoms with Crippen LogP contribution >= 0.6 is 0 Å². The number of allylic oxidation sites excluding steroid dienone is 2. The fourth-order valence-corrected chi connectivity index (χ4v) is 3.28. The summed E-state index contributed by atoms with van der Waals surface area (Å²) in [6.07, 6.45) is 7.14. The number of fused-ring (bicyclic) bond motifs is 1. The van der Waals surface area contributed by atoms with Crippen LogP contribution in [-0.4, -0.2) is 47.1 Å². The average Bonchev–Trinajstić information content (AvgIpc) is 3.12. The van der Waals surface area contributed by atoms with Gasteiger partial charge in [0.15, 0.2) is 0 Å². The number of carbonyl (C=O) groups excluding carboxylic acids is 1. The highest BCUT2D eigenvalue weighted by molar-refractivity contribution is 5.84. The van der Waals surface area contributed by atoms with Crippen molar-refractivity contribution in [2.75, 3.05) is 19.8 Å². The fourth-order valence-electron chi connectivity index (χ4n) is 3.28. The highest BCUT2D eigenvalue weighted by Gasteiger charge is 2.38. The molecule has 1 atom stereocenters. The lowest BCUT2D eigenvalue weighted by molar-refractivity contribution is 0.0594. The third kappa shape index (κ3) is 2.61. The lowest BCUT2D eigenvalue weighted by atomic mass is 9.99. The van der Waals surface area contributed by atoms with Crippen LogP contribution in [0.3, 0.4) is 0 Å². The Hall–Kier alpha value is -2.28. The van der Waals surface area contributed by atoms with Crippen molar-refractivity contribution in [1.29, 1.82) is 0 Å². The number of amides is 2. The Morgan fingerprint density at radius 3 is 2.96 bits per heavy atom. The summed E-state index contributed by atoms with van der Waals surface area (Å²) in [5, 5.41) is 9.87. The van der Waals surface area contributed by atoms with Crippen LogP contribution in [0.1, 0.15) is 24.1 Å². The Kier molecular flexibility index (Phi) is 3.57. The topological polar surface area (TPSA) is 79.5 Å². The van der Waals surface area contributed by atoms with Gasteiger partial charge in [0.25, 0.3) is 0 Å². The van der Waals surface area contributed by atoms with Crippen LogP contribution in [0.5, 0.6) is 0 Å².